The van der Waals surface area contributed by atoms with Crippen molar-refractivity contribution in [2.75, 3.05) is 13.1 Å². The molecule has 1 aliphatic rings. The second-order valence-corrected chi connectivity index (χ2v) is 5.26. The number of piperidine rings is 1. The molecule has 0 amide bonds. The summed E-state index contributed by atoms with van der Waals surface area (Å²) in [5.41, 5.74) is 8.36. The highest BCUT2D eigenvalue weighted by Gasteiger charge is 2.25. The third-order valence-corrected chi connectivity index (χ3v) is 3.84. The number of likely N-dealkylation sites (tertiary alicyclic amines) is 1. The molecule has 2 unspecified atom stereocenters. The number of hydrogen-bond donors (Lipinski definition) is 1. The lowest BCUT2D eigenvalue weighted by molar-refractivity contribution is 0.113. The SMILES string of the molecule is Cc1cccnc1CN1CCC(C)CC1CN. The van der Waals surface area contributed by atoms with Crippen molar-refractivity contribution in [3.63, 3.8) is 0 Å². The van der Waals surface area contributed by atoms with E-state index in [4.69, 9.17) is 5.73 Å². The van der Waals surface area contributed by atoms with E-state index >= 15 is 0 Å². The fraction of sp³-hybridized carbons (Fsp3) is 0.643. The molecule has 0 radical (unpaired) electrons. The van der Waals surface area contributed by atoms with Crippen LogP contribution in [0.5, 0.6) is 0 Å². The summed E-state index contributed by atoms with van der Waals surface area (Å²) >= 11 is 0. The maximum absolute atomic E-state index is 5.89. The van der Waals surface area contributed by atoms with Crippen molar-refractivity contribution >= 4 is 0 Å². The molecule has 0 aromatic carbocycles. The molecule has 3 nitrogen and oxygen atoms in total. The fourth-order valence-corrected chi connectivity index (χ4v) is 2.63. The van der Waals surface area contributed by atoms with Crippen LogP contribution in [0.15, 0.2) is 18.3 Å². The summed E-state index contributed by atoms with van der Waals surface area (Å²) in [5, 5.41) is 0. The Labute approximate surface area is 104 Å². The molecule has 0 bridgehead atoms. The Morgan fingerprint density at radius 3 is 3.06 bits per heavy atom. The number of hydrogen-bond acceptors (Lipinski definition) is 3. The number of nitrogens with zero attached hydrogens (tertiary/aromatic N) is 2. The van der Waals surface area contributed by atoms with Crippen molar-refractivity contribution in [2.45, 2.75) is 39.3 Å². The van der Waals surface area contributed by atoms with Gasteiger partial charge in [-0.15, -0.1) is 0 Å². The molecule has 2 heterocycles. The maximum Gasteiger partial charge on any atom is 0.0573 e. The molecule has 1 saturated heterocycles. The molecule has 17 heavy (non-hydrogen) atoms. The standard InChI is InChI=1S/C14H23N3/c1-11-5-7-17(13(8-11)9-15)10-14-12(2)4-3-6-16-14/h3-4,6,11,13H,5,7-10,15H2,1-2H3. The highest BCUT2D eigenvalue weighted by molar-refractivity contribution is 5.17. The van der Waals surface area contributed by atoms with Gasteiger partial charge in [0.15, 0.2) is 0 Å². The summed E-state index contributed by atoms with van der Waals surface area (Å²) in [4.78, 5) is 6.97. The van der Waals surface area contributed by atoms with Crippen LogP contribution in [-0.4, -0.2) is 29.0 Å². The van der Waals surface area contributed by atoms with Gasteiger partial charge in [-0.05, 0) is 43.9 Å². The maximum atomic E-state index is 5.89. The Morgan fingerprint density at radius 1 is 1.53 bits per heavy atom. The largest absolute Gasteiger partial charge is 0.329 e. The highest BCUT2D eigenvalue weighted by atomic mass is 15.2. The molecule has 1 aliphatic heterocycles. The van der Waals surface area contributed by atoms with E-state index in [2.05, 4.69) is 29.8 Å². The molecule has 2 rings (SSSR count). The first-order valence-corrected chi connectivity index (χ1v) is 6.55. The van der Waals surface area contributed by atoms with Crippen molar-refractivity contribution in [1.82, 2.24) is 9.88 Å². The Bertz CT molecular complexity index is 364. The van der Waals surface area contributed by atoms with Crippen LogP contribution in [0.3, 0.4) is 0 Å². The quantitative estimate of drug-likeness (QED) is 0.867. The van der Waals surface area contributed by atoms with E-state index in [-0.39, 0.29) is 0 Å². The predicted octanol–water partition coefficient (Wildman–Crippen LogP) is 1.95. The minimum absolute atomic E-state index is 0.528. The first-order valence-electron chi connectivity index (χ1n) is 6.55. The molecular formula is C14H23N3. The topological polar surface area (TPSA) is 42.2 Å². The van der Waals surface area contributed by atoms with Crippen LogP contribution in [0.1, 0.15) is 31.0 Å². The van der Waals surface area contributed by atoms with Gasteiger partial charge in [-0.1, -0.05) is 13.0 Å². The minimum Gasteiger partial charge on any atom is -0.329 e. The third kappa shape index (κ3) is 3.05. The van der Waals surface area contributed by atoms with Crippen molar-refractivity contribution in [3.8, 4) is 0 Å². The zero-order chi connectivity index (χ0) is 12.3. The summed E-state index contributed by atoms with van der Waals surface area (Å²) in [6, 6.07) is 4.66. The lowest BCUT2D eigenvalue weighted by atomic mass is 9.92. The number of aryl methyl sites for hydroxylation is 1. The van der Waals surface area contributed by atoms with E-state index in [1.807, 2.05) is 12.3 Å². The van der Waals surface area contributed by atoms with E-state index in [1.165, 1.54) is 24.1 Å². The highest BCUT2D eigenvalue weighted by Crippen LogP contribution is 2.23. The minimum atomic E-state index is 0.528. The van der Waals surface area contributed by atoms with Gasteiger partial charge in [0.1, 0.15) is 0 Å². The van der Waals surface area contributed by atoms with Gasteiger partial charge in [-0.3, -0.25) is 9.88 Å². The Hall–Kier alpha value is -0.930. The van der Waals surface area contributed by atoms with Gasteiger partial charge in [0.05, 0.1) is 5.69 Å². The first kappa shape index (κ1) is 12.5. The zero-order valence-corrected chi connectivity index (χ0v) is 10.9. The monoisotopic (exact) mass is 233 g/mol. The van der Waals surface area contributed by atoms with Crippen molar-refractivity contribution in [3.05, 3.63) is 29.6 Å². The van der Waals surface area contributed by atoms with E-state index in [1.54, 1.807) is 0 Å². The van der Waals surface area contributed by atoms with Gasteiger partial charge in [0, 0.05) is 25.3 Å². The normalized spacial score (nSPS) is 26.1. The molecule has 3 heteroatoms. The molecule has 0 spiro atoms. The predicted molar refractivity (Wildman–Crippen MR) is 70.6 cm³/mol. The van der Waals surface area contributed by atoms with E-state index in [0.29, 0.717) is 6.04 Å². The summed E-state index contributed by atoms with van der Waals surface area (Å²) < 4.78 is 0. The Kier molecular flexibility index (Phi) is 4.13. The van der Waals surface area contributed by atoms with Crippen molar-refractivity contribution in [2.24, 2.45) is 11.7 Å². The Morgan fingerprint density at radius 2 is 2.35 bits per heavy atom. The van der Waals surface area contributed by atoms with Crippen molar-refractivity contribution in [1.29, 1.82) is 0 Å². The van der Waals surface area contributed by atoms with Gasteiger partial charge >= 0.3 is 0 Å². The lowest BCUT2D eigenvalue weighted by Gasteiger charge is -2.37. The average Bonchev–Trinajstić information content (AvgIpc) is 2.34. The van der Waals surface area contributed by atoms with Crippen LogP contribution in [0.2, 0.25) is 0 Å². The molecule has 2 atom stereocenters. The molecule has 1 fully saturated rings. The summed E-state index contributed by atoms with van der Waals surface area (Å²) in [5.74, 6) is 0.810. The molecule has 2 N–H and O–H groups in total. The van der Waals surface area contributed by atoms with Gasteiger partial charge < -0.3 is 5.73 Å². The second-order valence-electron chi connectivity index (χ2n) is 5.26. The van der Waals surface area contributed by atoms with Crippen LogP contribution in [0, 0.1) is 12.8 Å². The van der Waals surface area contributed by atoms with Crippen molar-refractivity contribution < 1.29 is 0 Å². The van der Waals surface area contributed by atoms with E-state index in [0.717, 1.165) is 25.6 Å². The summed E-state index contributed by atoms with van der Waals surface area (Å²) in [6.07, 6.45) is 4.39. The number of aromatic nitrogens is 1. The van der Waals surface area contributed by atoms with Crippen LogP contribution >= 0.6 is 0 Å². The fourth-order valence-electron chi connectivity index (χ4n) is 2.63. The number of nitrogens with two attached hydrogens (primary N) is 1. The van der Waals surface area contributed by atoms with Gasteiger partial charge in [0.25, 0.3) is 0 Å². The van der Waals surface area contributed by atoms with E-state index in [9.17, 15) is 0 Å². The van der Waals surface area contributed by atoms with Gasteiger partial charge in [0.2, 0.25) is 0 Å². The number of pyridine rings is 1. The third-order valence-electron chi connectivity index (χ3n) is 3.84. The van der Waals surface area contributed by atoms with Crippen LogP contribution < -0.4 is 5.73 Å². The summed E-state index contributed by atoms with van der Waals surface area (Å²) in [6.45, 7) is 7.31. The van der Waals surface area contributed by atoms with Crippen LogP contribution in [0.4, 0.5) is 0 Å². The van der Waals surface area contributed by atoms with Crippen LogP contribution in [0.25, 0.3) is 0 Å². The molecule has 94 valence electrons. The molecule has 1 aromatic heterocycles. The average molecular weight is 233 g/mol. The van der Waals surface area contributed by atoms with Crippen LogP contribution in [-0.2, 0) is 6.54 Å². The first-order chi connectivity index (χ1) is 8.20. The molecule has 0 aliphatic carbocycles. The van der Waals surface area contributed by atoms with Gasteiger partial charge in [-0.25, -0.2) is 0 Å². The molecule has 0 saturated carbocycles. The smallest absolute Gasteiger partial charge is 0.0573 e. The Balaban J connectivity index is 2.05. The van der Waals surface area contributed by atoms with Gasteiger partial charge in [-0.2, -0.15) is 0 Å². The molecule has 1 aromatic rings. The second kappa shape index (κ2) is 5.61. The molecular weight excluding hydrogens is 210 g/mol. The zero-order valence-electron chi connectivity index (χ0n) is 10.9. The lowest BCUT2D eigenvalue weighted by Crippen LogP contribution is -2.45. The number of rotatable bonds is 3. The summed E-state index contributed by atoms with van der Waals surface area (Å²) in [7, 11) is 0. The van der Waals surface area contributed by atoms with E-state index < -0.39 is 0 Å².